The van der Waals surface area contributed by atoms with Gasteiger partial charge in [-0.15, -0.1) is 0 Å². The summed E-state index contributed by atoms with van der Waals surface area (Å²) in [6.45, 7) is 4.32. The molecule has 1 atom stereocenters. The average Bonchev–Trinajstić information content (AvgIpc) is 2.78. The number of aryl methyl sites for hydroxylation is 1. The van der Waals surface area contributed by atoms with E-state index < -0.39 is 0 Å². The van der Waals surface area contributed by atoms with Gasteiger partial charge in [-0.1, -0.05) is 18.5 Å². The Morgan fingerprint density at radius 2 is 2.40 bits per heavy atom. The number of benzene rings is 1. The molecular formula is C15H20ClN3S. The normalized spacial score (nSPS) is 19.6. The van der Waals surface area contributed by atoms with Crippen molar-refractivity contribution in [1.82, 2.24) is 14.9 Å². The van der Waals surface area contributed by atoms with Crippen LogP contribution >= 0.6 is 23.4 Å². The quantitative estimate of drug-likeness (QED) is 0.939. The van der Waals surface area contributed by atoms with E-state index in [1.807, 2.05) is 30.0 Å². The number of hydrogen-bond acceptors (Lipinski definition) is 3. The van der Waals surface area contributed by atoms with E-state index >= 15 is 0 Å². The van der Waals surface area contributed by atoms with Crippen molar-refractivity contribution >= 4 is 34.4 Å². The molecule has 0 aliphatic carbocycles. The number of aromatic nitrogens is 2. The van der Waals surface area contributed by atoms with E-state index in [9.17, 15) is 0 Å². The van der Waals surface area contributed by atoms with Gasteiger partial charge in [-0.2, -0.15) is 11.8 Å². The maximum Gasteiger partial charge on any atom is 0.111 e. The molecule has 0 radical (unpaired) electrons. The highest BCUT2D eigenvalue weighted by Gasteiger charge is 2.18. The summed E-state index contributed by atoms with van der Waals surface area (Å²) in [6.07, 6.45) is 2.11. The van der Waals surface area contributed by atoms with Crippen molar-refractivity contribution in [2.75, 3.05) is 18.1 Å². The maximum atomic E-state index is 6.14. The molecule has 1 saturated heterocycles. The fourth-order valence-electron chi connectivity index (χ4n) is 2.75. The molecule has 1 aromatic carbocycles. The number of rotatable bonds is 4. The standard InChI is InChI=1S/C15H20ClN3S/c1-2-6-19-14-8-11(16)3-4-13(14)18-15(19)9-12-10-20-7-5-17-12/h3-4,8,12,17H,2,5-7,9-10H2,1H3. The molecule has 1 aliphatic rings. The second-order valence-corrected chi connectivity index (χ2v) is 6.83. The molecule has 2 heterocycles. The van der Waals surface area contributed by atoms with Crippen molar-refractivity contribution in [3.8, 4) is 0 Å². The molecule has 1 unspecified atom stereocenters. The molecule has 1 aliphatic heterocycles. The zero-order valence-electron chi connectivity index (χ0n) is 11.7. The molecule has 3 nitrogen and oxygen atoms in total. The summed E-state index contributed by atoms with van der Waals surface area (Å²) >= 11 is 8.17. The van der Waals surface area contributed by atoms with E-state index in [2.05, 4.69) is 16.8 Å². The van der Waals surface area contributed by atoms with Crippen LogP contribution in [0.3, 0.4) is 0 Å². The van der Waals surface area contributed by atoms with Gasteiger partial charge in [-0.25, -0.2) is 4.98 Å². The van der Waals surface area contributed by atoms with Crippen molar-refractivity contribution in [2.45, 2.75) is 32.4 Å². The maximum absolute atomic E-state index is 6.14. The third-order valence-electron chi connectivity index (χ3n) is 3.66. The summed E-state index contributed by atoms with van der Waals surface area (Å²) in [5, 5.41) is 4.38. The van der Waals surface area contributed by atoms with Gasteiger partial charge in [0.05, 0.1) is 11.0 Å². The van der Waals surface area contributed by atoms with Gasteiger partial charge >= 0.3 is 0 Å². The minimum Gasteiger partial charge on any atom is -0.328 e. The van der Waals surface area contributed by atoms with Gasteiger partial charge in [-0.05, 0) is 24.6 Å². The Bertz CT molecular complexity index is 590. The Hall–Kier alpha value is -0.710. The molecule has 1 aromatic heterocycles. The molecule has 108 valence electrons. The zero-order valence-corrected chi connectivity index (χ0v) is 13.3. The second kappa shape index (κ2) is 6.37. The Labute approximate surface area is 129 Å². The molecule has 0 bridgehead atoms. The summed E-state index contributed by atoms with van der Waals surface area (Å²) in [4.78, 5) is 4.82. The molecular weight excluding hydrogens is 290 g/mol. The number of halogens is 1. The Morgan fingerprint density at radius 1 is 1.50 bits per heavy atom. The zero-order chi connectivity index (χ0) is 13.9. The van der Waals surface area contributed by atoms with Crippen LogP contribution < -0.4 is 5.32 Å². The Morgan fingerprint density at radius 3 is 3.15 bits per heavy atom. The van der Waals surface area contributed by atoms with Crippen LogP contribution in [-0.2, 0) is 13.0 Å². The van der Waals surface area contributed by atoms with Crippen molar-refractivity contribution in [3.63, 3.8) is 0 Å². The second-order valence-electron chi connectivity index (χ2n) is 5.24. The van der Waals surface area contributed by atoms with E-state index in [1.54, 1.807) is 0 Å². The van der Waals surface area contributed by atoms with Gasteiger partial charge in [0.15, 0.2) is 0 Å². The van der Waals surface area contributed by atoms with E-state index in [-0.39, 0.29) is 0 Å². The van der Waals surface area contributed by atoms with Crippen LogP contribution in [0.1, 0.15) is 19.2 Å². The topological polar surface area (TPSA) is 29.9 Å². The monoisotopic (exact) mass is 309 g/mol. The Balaban J connectivity index is 1.93. The van der Waals surface area contributed by atoms with Crippen LogP contribution in [0.25, 0.3) is 11.0 Å². The molecule has 3 rings (SSSR count). The van der Waals surface area contributed by atoms with Gasteiger partial charge in [0.2, 0.25) is 0 Å². The predicted molar refractivity (Wildman–Crippen MR) is 87.9 cm³/mol. The van der Waals surface area contributed by atoms with Crippen LogP contribution in [0.4, 0.5) is 0 Å². The lowest BCUT2D eigenvalue weighted by atomic mass is 10.2. The molecule has 20 heavy (non-hydrogen) atoms. The summed E-state index contributed by atoms with van der Waals surface area (Å²) in [5.74, 6) is 3.58. The van der Waals surface area contributed by atoms with E-state index in [0.717, 1.165) is 42.0 Å². The lowest BCUT2D eigenvalue weighted by Crippen LogP contribution is -2.39. The predicted octanol–water partition coefficient (Wildman–Crippen LogP) is 3.35. The summed E-state index contributed by atoms with van der Waals surface area (Å²) in [5.41, 5.74) is 2.22. The third kappa shape index (κ3) is 2.97. The smallest absolute Gasteiger partial charge is 0.111 e. The summed E-state index contributed by atoms with van der Waals surface area (Å²) < 4.78 is 2.34. The van der Waals surface area contributed by atoms with Crippen molar-refractivity contribution in [2.24, 2.45) is 0 Å². The summed E-state index contributed by atoms with van der Waals surface area (Å²) in [7, 11) is 0. The van der Waals surface area contributed by atoms with Gasteiger partial charge in [0.25, 0.3) is 0 Å². The largest absolute Gasteiger partial charge is 0.328 e. The van der Waals surface area contributed by atoms with Crippen molar-refractivity contribution in [1.29, 1.82) is 0 Å². The first-order chi connectivity index (χ1) is 9.78. The van der Waals surface area contributed by atoms with Crippen LogP contribution in [-0.4, -0.2) is 33.6 Å². The number of nitrogens with one attached hydrogen (secondary N) is 1. The number of fused-ring (bicyclic) bond motifs is 1. The van der Waals surface area contributed by atoms with Crippen LogP contribution in [0.15, 0.2) is 18.2 Å². The molecule has 1 N–H and O–H groups in total. The average molecular weight is 310 g/mol. The van der Waals surface area contributed by atoms with Gasteiger partial charge in [0, 0.05) is 42.1 Å². The molecule has 0 amide bonds. The lowest BCUT2D eigenvalue weighted by Gasteiger charge is -2.23. The molecule has 5 heteroatoms. The highest BCUT2D eigenvalue weighted by Crippen LogP contribution is 2.22. The van der Waals surface area contributed by atoms with Crippen LogP contribution in [0.5, 0.6) is 0 Å². The number of imidazole rings is 1. The van der Waals surface area contributed by atoms with E-state index in [0.29, 0.717) is 6.04 Å². The van der Waals surface area contributed by atoms with E-state index in [4.69, 9.17) is 16.6 Å². The lowest BCUT2D eigenvalue weighted by molar-refractivity contribution is 0.531. The molecule has 0 saturated carbocycles. The first-order valence-corrected chi connectivity index (χ1v) is 8.77. The molecule has 2 aromatic rings. The first kappa shape index (κ1) is 14.2. The van der Waals surface area contributed by atoms with Crippen molar-refractivity contribution < 1.29 is 0 Å². The highest BCUT2D eigenvalue weighted by atomic mass is 35.5. The third-order valence-corrected chi connectivity index (χ3v) is 5.03. The SMILES string of the molecule is CCCn1c(CC2CSCCN2)nc2ccc(Cl)cc21. The number of nitrogens with zero attached hydrogens (tertiary/aromatic N) is 2. The van der Waals surface area contributed by atoms with Crippen LogP contribution in [0, 0.1) is 0 Å². The Kier molecular flexibility index (Phi) is 4.54. The number of hydrogen-bond donors (Lipinski definition) is 1. The minimum absolute atomic E-state index is 0.539. The molecule has 0 spiro atoms. The van der Waals surface area contributed by atoms with E-state index in [1.165, 1.54) is 17.3 Å². The summed E-state index contributed by atoms with van der Waals surface area (Å²) in [6, 6.07) is 6.52. The van der Waals surface area contributed by atoms with Crippen molar-refractivity contribution in [3.05, 3.63) is 29.0 Å². The fraction of sp³-hybridized carbons (Fsp3) is 0.533. The molecule has 1 fully saturated rings. The minimum atomic E-state index is 0.539. The van der Waals surface area contributed by atoms with Gasteiger partial charge in [0.1, 0.15) is 5.82 Å². The number of thioether (sulfide) groups is 1. The first-order valence-electron chi connectivity index (χ1n) is 7.23. The van der Waals surface area contributed by atoms with Gasteiger partial charge in [-0.3, -0.25) is 0 Å². The van der Waals surface area contributed by atoms with Gasteiger partial charge < -0.3 is 9.88 Å². The van der Waals surface area contributed by atoms with Crippen LogP contribution in [0.2, 0.25) is 5.02 Å². The highest BCUT2D eigenvalue weighted by molar-refractivity contribution is 7.99. The fourth-order valence-corrected chi connectivity index (χ4v) is 3.86.